The summed E-state index contributed by atoms with van der Waals surface area (Å²) in [7, 11) is -3.68. The molecule has 2 fully saturated rings. The number of carbonyl (C=O) groups is 2. The number of sulfonamides is 1. The van der Waals surface area contributed by atoms with Gasteiger partial charge in [0.05, 0.1) is 28.4 Å². The second kappa shape index (κ2) is 11.7. The van der Waals surface area contributed by atoms with Gasteiger partial charge in [0, 0.05) is 41.8 Å². The highest BCUT2D eigenvalue weighted by atomic mass is 35.5. The number of allylic oxidation sites excluding steroid dienone is 1. The molecule has 0 amide bonds. The number of aromatic nitrogens is 1. The molecule has 1 aliphatic carbocycles. The predicted octanol–water partition coefficient (Wildman–Crippen LogP) is 3.89. The van der Waals surface area contributed by atoms with Gasteiger partial charge in [-0.15, -0.1) is 11.3 Å². The van der Waals surface area contributed by atoms with E-state index in [4.69, 9.17) is 21.4 Å². The van der Waals surface area contributed by atoms with Gasteiger partial charge in [0.15, 0.2) is 22.5 Å². The number of amidine groups is 1. The van der Waals surface area contributed by atoms with Crippen LogP contribution in [0.1, 0.15) is 49.2 Å². The number of esters is 1. The van der Waals surface area contributed by atoms with Gasteiger partial charge in [0.25, 0.3) is 0 Å². The number of nitrogens with zero attached hydrogens (tertiary/aromatic N) is 3. The maximum atomic E-state index is 14.6. The van der Waals surface area contributed by atoms with Gasteiger partial charge in [-0.2, -0.15) is 0 Å². The zero-order valence-corrected chi connectivity index (χ0v) is 24.2. The van der Waals surface area contributed by atoms with Crippen LogP contribution in [0.4, 0.5) is 8.78 Å². The lowest BCUT2D eigenvalue weighted by Crippen LogP contribution is -2.50. The molecule has 2 aliphatic heterocycles. The third-order valence-corrected chi connectivity index (χ3v) is 11.1. The van der Waals surface area contributed by atoms with Crippen molar-refractivity contribution in [1.82, 2.24) is 14.6 Å². The number of rotatable bonds is 8. The standard InChI is InChI=1S/C26H27ClF2N4O6S2/c1-2-39-26(36)18-21(13-5-8-33(9-6-13)41(37,38)15-11-14(12-15)25(34)35)31-23(24-30-7-10-40-24)32-22(18)16-3-4-17(28)20(29)19(16)27/h3-4,7,10,13-15,22H,2,5-6,8-9,11-12H2,1H3,(H,31,32)(H,34,35). The van der Waals surface area contributed by atoms with E-state index in [1.807, 2.05) is 0 Å². The molecule has 0 spiro atoms. The minimum Gasteiger partial charge on any atom is -0.481 e. The Morgan fingerprint density at radius 2 is 1.95 bits per heavy atom. The third-order valence-electron chi connectivity index (χ3n) is 7.65. The lowest BCUT2D eigenvalue weighted by molar-refractivity contribution is -0.144. The Labute approximate surface area is 244 Å². The van der Waals surface area contributed by atoms with Crippen molar-refractivity contribution >= 4 is 50.7 Å². The van der Waals surface area contributed by atoms with Crippen LogP contribution >= 0.6 is 22.9 Å². The van der Waals surface area contributed by atoms with Crippen LogP contribution in [0.5, 0.6) is 0 Å². The van der Waals surface area contributed by atoms with Gasteiger partial charge in [-0.05, 0) is 38.7 Å². The molecule has 2 aromatic rings. The van der Waals surface area contributed by atoms with Crippen LogP contribution in [-0.2, 0) is 24.3 Å². The number of nitrogens with one attached hydrogen (secondary N) is 1. The normalized spacial score (nSPS) is 23.9. The molecule has 1 aromatic heterocycles. The molecule has 41 heavy (non-hydrogen) atoms. The Balaban J connectivity index is 1.49. The lowest BCUT2D eigenvalue weighted by Gasteiger charge is -2.40. The average molecular weight is 629 g/mol. The smallest absolute Gasteiger partial charge is 0.338 e. The van der Waals surface area contributed by atoms with E-state index in [-0.39, 0.29) is 49.6 Å². The van der Waals surface area contributed by atoms with Crippen molar-refractivity contribution in [1.29, 1.82) is 0 Å². The largest absolute Gasteiger partial charge is 0.481 e. The van der Waals surface area contributed by atoms with Crippen LogP contribution in [0.25, 0.3) is 0 Å². The Morgan fingerprint density at radius 1 is 1.24 bits per heavy atom. The number of piperidine rings is 1. The van der Waals surface area contributed by atoms with E-state index < -0.39 is 55.8 Å². The molecule has 1 unspecified atom stereocenters. The molecule has 0 radical (unpaired) electrons. The first-order chi connectivity index (χ1) is 19.5. The van der Waals surface area contributed by atoms with E-state index in [2.05, 4.69) is 15.3 Å². The highest BCUT2D eigenvalue weighted by Crippen LogP contribution is 2.42. The molecular weight excluding hydrogens is 602 g/mol. The van der Waals surface area contributed by atoms with E-state index in [1.54, 1.807) is 18.5 Å². The van der Waals surface area contributed by atoms with Gasteiger partial charge in [0.2, 0.25) is 10.0 Å². The van der Waals surface area contributed by atoms with Gasteiger partial charge in [-0.1, -0.05) is 17.7 Å². The molecule has 0 bridgehead atoms. The Kier molecular flexibility index (Phi) is 8.46. The average Bonchev–Trinajstić information content (AvgIpc) is 3.45. The van der Waals surface area contributed by atoms with Crippen LogP contribution in [0.2, 0.25) is 5.02 Å². The van der Waals surface area contributed by atoms with Gasteiger partial charge < -0.3 is 15.2 Å². The fraction of sp³-hybridized carbons (Fsp3) is 0.462. The second-order valence-corrected chi connectivity index (χ2v) is 13.5. The number of carbonyl (C=O) groups excluding carboxylic acids is 1. The highest BCUT2D eigenvalue weighted by Gasteiger charge is 2.46. The van der Waals surface area contributed by atoms with Crippen molar-refractivity contribution in [2.45, 2.75) is 43.9 Å². The number of halogens is 3. The molecule has 1 atom stereocenters. The van der Waals surface area contributed by atoms with E-state index in [9.17, 15) is 26.8 Å². The summed E-state index contributed by atoms with van der Waals surface area (Å²) in [5, 5.41) is 13.3. The minimum atomic E-state index is -3.68. The molecule has 15 heteroatoms. The number of aliphatic imine (C=N–C) groups is 1. The maximum Gasteiger partial charge on any atom is 0.338 e. The molecule has 1 saturated carbocycles. The fourth-order valence-electron chi connectivity index (χ4n) is 5.37. The number of carboxylic acids is 1. The maximum absolute atomic E-state index is 14.6. The summed E-state index contributed by atoms with van der Waals surface area (Å²) >= 11 is 7.51. The SMILES string of the molecule is CCOC(=O)C1=C(C2CCN(S(=O)(=O)C3CC(C(=O)O)C3)CC2)NC(c2nccs2)=NC1c1ccc(F)c(F)c1Cl. The molecule has 3 aliphatic rings. The first-order valence-corrected chi connectivity index (χ1v) is 15.8. The molecule has 1 aromatic carbocycles. The minimum absolute atomic E-state index is 0.0479. The van der Waals surface area contributed by atoms with E-state index in [0.29, 0.717) is 29.4 Å². The molecule has 3 heterocycles. The van der Waals surface area contributed by atoms with Gasteiger partial charge >= 0.3 is 11.9 Å². The fourth-order valence-corrected chi connectivity index (χ4v) is 8.30. The first-order valence-electron chi connectivity index (χ1n) is 13.0. The summed E-state index contributed by atoms with van der Waals surface area (Å²) in [5.74, 6) is -4.81. The summed E-state index contributed by atoms with van der Waals surface area (Å²) in [4.78, 5) is 33.5. The molecular formula is C26H27ClF2N4O6S2. The molecule has 2 N–H and O–H groups in total. The number of aliphatic carboxylic acids is 1. The highest BCUT2D eigenvalue weighted by molar-refractivity contribution is 7.89. The van der Waals surface area contributed by atoms with Gasteiger partial charge in [0.1, 0.15) is 6.04 Å². The molecule has 10 nitrogen and oxygen atoms in total. The number of thiazole rings is 1. The number of ether oxygens (including phenoxy) is 1. The van der Waals surface area contributed by atoms with Crippen LogP contribution in [0, 0.1) is 23.5 Å². The molecule has 220 valence electrons. The molecule has 1 saturated heterocycles. The quantitative estimate of drug-likeness (QED) is 0.332. The predicted molar refractivity (Wildman–Crippen MR) is 147 cm³/mol. The van der Waals surface area contributed by atoms with Crippen LogP contribution in [0.3, 0.4) is 0 Å². The van der Waals surface area contributed by atoms with Crippen molar-refractivity contribution < 1.29 is 36.6 Å². The Bertz CT molecular complexity index is 1520. The van der Waals surface area contributed by atoms with Crippen molar-refractivity contribution in [3.05, 3.63) is 62.2 Å². The topological polar surface area (TPSA) is 138 Å². The summed E-state index contributed by atoms with van der Waals surface area (Å²) in [6.45, 7) is 1.99. The van der Waals surface area contributed by atoms with Crippen molar-refractivity contribution in [2.75, 3.05) is 19.7 Å². The number of carboxylic acid groups (broad SMARTS) is 1. The summed E-state index contributed by atoms with van der Waals surface area (Å²) in [6.07, 6.45) is 2.42. The zero-order valence-electron chi connectivity index (χ0n) is 21.8. The summed E-state index contributed by atoms with van der Waals surface area (Å²) in [5.41, 5.74) is 0.574. The number of benzene rings is 1. The molecule has 5 rings (SSSR count). The Morgan fingerprint density at radius 3 is 2.56 bits per heavy atom. The van der Waals surface area contributed by atoms with Gasteiger partial charge in [-0.3, -0.25) is 9.79 Å². The monoisotopic (exact) mass is 628 g/mol. The first kappa shape index (κ1) is 29.5. The van der Waals surface area contributed by atoms with Crippen LogP contribution in [0.15, 0.2) is 40.0 Å². The lowest BCUT2D eigenvalue weighted by atomic mass is 9.85. The van der Waals surface area contributed by atoms with Crippen molar-refractivity contribution in [3.63, 3.8) is 0 Å². The van der Waals surface area contributed by atoms with E-state index in [0.717, 1.165) is 6.07 Å². The number of hydrogen-bond acceptors (Lipinski definition) is 9. The summed E-state index contributed by atoms with van der Waals surface area (Å²) < 4.78 is 61.5. The van der Waals surface area contributed by atoms with E-state index >= 15 is 0 Å². The van der Waals surface area contributed by atoms with Crippen molar-refractivity contribution in [3.8, 4) is 0 Å². The van der Waals surface area contributed by atoms with Crippen molar-refractivity contribution in [2.24, 2.45) is 16.8 Å². The zero-order chi connectivity index (χ0) is 29.5. The number of hydrogen-bond donors (Lipinski definition) is 2. The summed E-state index contributed by atoms with van der Waals surface area (Å²) in [6, 6.07) is 1.05. The van der Waals surface area contributed by atoms with Crippen LogP contribution < -0.4 is 5.32 Å². The van der Waals surface area contributed by atoms with Crippen LogP contribution in [-0.4, -0.2) is 65.5 Å². The Hall–Kier alpha value is -2.94. The third kappa shape index (κ3) is 5.62. The van der Waals surface area contributed by atoms with Gasteiger partial charge in [-0.25, -0.2) is 31.3 Å². The van der Waals surface area contributed by atoms with E-state index in [1.165, 1.54) is 21.7 Å². The second-order valence-electron chi connectivity index (χ2n) is 10.0.